The minimum absolute atomic E-state index is 0.257. The molecular weight excluding hydrogens is 246 g/mol. The van der Waals surface area contributed by atoms with Crippen LogP contribution in [-0.2, 0) is 14.8 Å². The Morgan fingerprint density at radius 2 is 2.00 bits per heavy atom. The van der Waals surface area contributed by atoms with Crippen LogP contribution in [-0.4, -0.2) is 32.9 Å². The van der Waals surface area contributed by atoms with Gasteiger partial charge in [0.1, 0.15) is 11.8 Å². The molecule has 0 saturated carbocycles. The smallest absolute Gasteiger partial charge is 0.326 e. The Hall–Kier alpha value is -1.60. The molecule has 0 bridgehead atoms. The van der Waals surface area contributed by atoms with E-state index in [-0.39, 0.29) is 5.56 Å². The molecule has 0 aliphatic rings. The summed E-state index contributed by atoms with van der Waals surface area (Å²) < 4.78 is 29.2. The third-order valence-corrected chi connectivity index (χ3v) is 2.69. The van der Waals surface area contributed by atoms with Crippen LogP contribution in [0.1, 0.15) is 11.6 Å². The van der Waals surface area contributed by atoms with Crippen LogP contribution in [0.2, 0.25) is 0 Å². The minimum atomic E-state index is -3.63. The van der Waals surface area contributed by atoms with E-state index in [0.717, 1.165) is 6.26 Å². The van der Waals surface area contributed by atoms with Gasteiger partial charge in [-0.2, -0.15) is 4.72 Å². The topological polar surface area (TPSA) is 92.7 Å². The summed E-state index contributed by atoms with van der Waals surface area (Å²) in [5, 5.41) is 9.03. The summed E-state index contributed by atoms with van der Waals surface area (Å²) in [4.78, 5) is 11.1. The van der Waals surface area contributed by atoms with Gasteiger partial charge in [-0.3, -0.25) is 4.79 Å². The number of hydrogen-bond acceptors (Lipinski definition) is 4. The molecule has 17 heavy (non-hydrogen) atoms. The van der Waals surface area contributed by atoms with Gasteiger partial charge in [-0.15, -0.1) is 0 Å². The Morgan fingerprint density at radius 3 is 2.47 bits per heavy atom. The van der Waals surface area contributed by atoms with Crippen molar-refractivity contribution in [2.24, 2.45) is 0 Å². The quantitative estimate of drug-likeness (QED) is 0.797. The molecule has 1 atom stereocenters. The van der Waals surface area contributed by atoms with Crippen molar-refractivity contribution in [2.45, 2.75) is 6.04 Å². The van der Waals surface area contributed by atoms with Crippen molar-refractivity contribution in [1.29, 1.82) is 0 Å². The Bertz CT molecular complexity index is 511. The van der Waals surface area contributed by atoms with E-state index in [4.69, 9.17) is 9.84 Å². The van der Waals surface area contributed by atoms with E-state index in [9.17, 15) is 13.2 Å². The van der Waals surface area contributed by atoms with Crippen LogP contribution < -0.4 is 9.46 Å². The number of benzene rings is 1. The van der Waals surface area contributed by atoms with E-state index in [2.05, 4.69) is 0 Å². The molecule has 1 unspecified atom stereocenters. The fraction of sp³-hybridized carbons (Fsp3) is 0.300. The molecule has 0 heterocycles. The number of methoxy groups -OCH3 is 1. The number of aliphatic carboxylic acids is 1. The number of ether oxygens (including phenoxy) is 1. The first-order chi connectivity index (χ1) is 7.85. The standard InChI is InChI=1S/C10H13NO5S/c1-16-8-6-4-3-5-7(8)9(10(12)13)11-17(2,14)15/h3-6,9,11H,1-2H3,(H,12,13). The Kier molecular flexibility index (Phi) is 4.08. The molecule has 7 heteroatoms. The second kappa shape index (κ2) is 5.15. The monoisotopic (exact) mass is 259 g/mol. The fourth-order valence-electron chi connectivity index (χ4n) is 1.37. The molecule has 0 spiro atoms. The van der Waals surface area contributed by atoms with Crippen molar-refractivity contribution in [1.82, 2.24) is 4.72 Å². The Morgan fingerprint density at radius 1 is 1.41 bits per heavy atom. The number of carboxylic acids is 1. The first kappa shape index (κ1) is 13.5. The maximum Gasteiger partial charge on any atom is 0.326 e. The van der Waals surface area contributed by atoms with Crippen molar-refractivity contribution in [3.05, 3.63) is 29.8 Å². The zero-order valence-electron chi connectivity index (χ0n) is 9.38. The first-order valence-electron chi connectivity index (χ1n) is 4.68. The van der Waals surface area contributed by atoms with Crippen molar-refractivity contribution in [3.63, 3.8) is 0 Å². The van der Waals surface area contributed by atoms with Gasteiger partial charge in [0.05, 0.1) is 13.4 Å². The highest BCUT2D eigenvalue weighted by Crippen LogP contribution is 2.25. The maximum absolute atomic E-state index is 11.1. The summed E-state index contributed by atoms with van der Waals surface area (Å²) in [5.41, 5.74) is 0.257. The summed E-state index contributed by atoms with van der Waals surface area (Å²) in [6.45, 7) is 0. The molecule has 1 aromatic carbocycles. The lowest BCUT2D eigenvalue weighted by atomic mass is 10.1. The number of nitrogens with one attached hydrogen (secondary N) is 1. The van der Waals surface area contributed by atoms with E-state index in [1.54, 1.807) is 18.2 Å². The van der Waals surface area contributed by atoms with Crippen molar-refractivity contribution < 1.29 is 23.1 Å². The molecule has 2 N–H and O–H groups in total. The Balaban J connectivity index is 3.19. The van der Waals surface area contributed by atoms with Crippen LogP contribution in [0.5, 0.6) is 5.75 Å². The van der Waals surface area contributed by atoms with Gasteiger partial charge in [-0.1, -0.05) is 18.2 Å². The summed E-state index contributed by atoms with van der Waals surface area (Å²) >= 11 is 0. The highest BCUT2D eigenvalue weighted by atomic mass is 32.2. The SMILES string of the molecule is COc1ccccc1C(NS(C)(=O)=O)C(=O)O. The predicted octanol–water partition coefficient (Wildman–Crippen LogP) is 0.370. The van der Waals surface area contributed by atoms with Crippen molar-refractivity contribution >= 4 is 16.0 Å². The number of para-hydroxylation sites is 1. The second-order valence-corrected chi connectivity index (χ2v) is 5.18. The summed E-state index contributed by atoms with van der Waals surface area (Å²) in [6.07, 6.45) is 0.901. The maximum atomic E-state index is 11.1. The largest absolute Gasteiger partial charge is 0.496 e. The number of hydrogen-bond donors (Lipinski definition) is 2. The van der Waals surface area contributed by atoms with Crippen LogP contribution in [0, 0.1) is 0 Å². The molecule has 0 aliphatic carbocycles. The van der Waals surface area contributed by atoms with E-state index >= 15 is 0 Å². The second-order valence-electron chi connectivity index (χ2n) is 3.40. The van der Waals surface area contributed by atoms with Gasteiger partial charge >= 0.3 is 5.97 Å². The van der Waals surface area contributed by atoms with Crippen LogP contribution >= 0.6 is 0 Å². The highest BCUT2D eigenvalue weighted by Gasteiger charge is 2.26. The molecule has 94 valence electrons. The Labute approximate surface area is 99.3 Å². The number of sulfonamides is 1. The van der Waals surface area contributed by atoms with Gasteiger partial charge in [-0.25, -0.2) is 8.42 Å². The molecule has 1 aromatic rings. The van der Waals surface area contributed by atoms with Crippen LogP contribution in [0.3, 0.4) is 0 Å². The normalized spacial score (nSPS) is 13.1. The van der Waals surface area contributed by atoms with Gasteiger partial charge in [-0.05, 0) is 6.07 Å². The first-order valence-corrected chi connectivity index (χ1v) is 6.57. The average Bonchev–Trinajstić information content (AvgIpc) is 2.24. The van der Waals surface area contributed by atoms with Gasteiger partial charge in [0.2, 0.25) is 10.0 Å². The highest BCUT2D eigenvalue weighted by molar-refractivity contribution is 7.88. The molecule has 0 saturated heterocycles. The third-order valence-electron chi connectivity index (χ3n) is 2.03. The minimum Gasteiger partial charge on any atom is -0.496 e. The van der Waals surface area contributed by atoms with Crippen molar-refractivity contribution in [2.75, 3.05) is 13.4 Å². The fourth-order valence-corrected chi connectivity index (χ4v) is 2.02. The van der Waals surface area contributed by atoms with Crippen LogP contribution in [0.4, 0.5) is 0 Å². The lowest BCUT2D eigenvalue weighted by Crippen LogP contribution is -2.33. The van der Waals surface area contributed by atoms with E-state index in [1.165, 1.54) is 13.2 Å². The van der Waals surface area contributed by atoms with Gasteiger partial charge in [0.15, 0.2) is 0 Å². The molecular formula is C10H13NO5S. The van der Waals surface area contributed by atoms with E-state index in [0.29, 0.717) is 5.75 Å². The molecule has 0 aliphatic heterocycles. The number of rotatable bonds is 5. The molecule has 1 rings (SSSR count). The summed E-state index contributed by atoms with van der Waals surface area (Å²) in [6, 6.07) is 4.98. The van der Waals surface area contributed by atoms with Gasteiger partial charge < -0.3 is 9.84 Å². The third kappa shape index (κ3) is 3.72. The lowest BCUT2D eigenvalue weighted by Gasteiger charge is -2.16. The van der Waals surface area contributed by atoms with E-state index < -0.39 is 22.0 Å². The molecule has 0 radical (unpaired) electrons. The average molecular weight is 259 g/mol. The zero-order valence-corrected chi connectivity index (χ0v) is 10.2. The molecule has 0 aromatic heterocycles. The summed E-state index contributed by atoms with van der Waals surface area (Å²) in [5.74, 6) is -0.976. The zero-order chi connectivity index (χ0) is 13.1. The van der Waals surface area contributed by atoms with Gasteiger partial charge in [0, 0.05) is 5.56 Å². The van der Waals surface area contributed by atoms with Crippen LogP contribution in [0.15, 0.2) is 24.3 Å². The van der Waals surface area contributed by atoms with Gasteiger partial charge in [0.25, 0.3) is 0 Å². The summed E-state index contributed by atoms with van der Waals surface area (Å²) in [7, 11) is -2.24. The molecule has 6 nitrogen and oxygen atoms in total. The number of carboxylic acid groups (broad SMARTS) is 1. The number of carbonyl (C=O) groups is 1. The van der Waals surface area contributed by atoms with Crippen molar-refractivity contribution in [3.8, 4) is 5.75 Å². The lowest BCUT2D eigenvalue weighted by molar-refractivity contribution is -0.139. The van der Waals surface area contributed by atoms with E-state index in [1.807, 2.05) is 4.72 Å². The molecule has 0 fully saturated rings. The van der Waals surface area contributed by atoms with Crippen LogP contribution in [0.25, 0.3) is 0 Å². The predicted molar refractivity (Wildman–Crippen MR) is 61.4 cm³/mol. The molecule has 0 amide bonds.